The Kier molecular flexibility index (Phi) is 6.76. The van der Waals surface area contributed by atoms with Crippen molar-refractivity contribution in [2.45, 2.75) is 57.8 Å². The SMILES string of the molecule is CC(NC(=O)C1CC(O)CN1)C(=O)NC(C)(C)C.Cl. The van der Waals surface area contributed by atoms with Gasteiger partial charge in [0, 0.05) is 12.1 Å². The van der Waals surface area contributed by atoms with Gasteiger partial charge in [0.15, 0.2) is 0 Å². The highest BCUT2D eigenvalue weighted by Gasteiger charge is 2.30. The molecule has 4 N–H and O–H groups in total. The molecule has 1 fully saturated rings. The first-order chi connectivity index (χ1) is 8.19. The lowest BCUT2D eigenvalue weighted by atomic mass is 10.1. The van der Waals surface area contributed by atoms with Crippen molar-refractivity contribution in [1.29, 1.82) is 0 Å². The van der Waals surface area contributed by atoms with Crippen molar-refractivity contribution in [3.63, 3.8) is 0 Å². The van der Waals surface area contributed by atoms with Crippen LogP contribution in [0.3, 0.4) is 0 Å². The lowest BCUT2D eigenvalue weighted by Crippen LogP contribution is -2.53. The maximum atomic E-state index is 11.8. The number of aliphatic hydroxyl groups is 1. The summed E-state index contributed by atoms with van der Waals surface area (Å²) in [6.07, 6.45) is -0.0983. The largest absolute Gasteiger partial charge is 0.392 e. The van der Waals surface area contributed by atoms with Gasteiger partial charge in [-0.2, -0.15) is 0 Å². The highest BCUT2D eigenvalue weighted by molar-refractivity contribution is 5.89. The number of carbonyl (C=O) groups excluding carboxylic acids is 2. The summed E-state index contributed by atoms with van der Waals surface area (Å²) in [5.41, 5.74) is -0.322. The summed E-state index contributed by atoms with van der Waals surface area (Å²) in [5, 5.41) is 17.7. The van der Waals surface area contributed by atoms with Gasteiger partial charge in [0.2, 0.25) is 11.8 Å². The minimum absolute atomic E-state index is 0. The third-order valence-corrected chi connectivity index (χ3v) is 2.67. The molecule has 2 amide bonds. The molecule has 6 nitrogen and oxygen atoms in total. The molecule has 7 heteroatoms. The van der Waals surface area contributed by atoms with Crippen molar-refractivity contribution in [2.24, 2.45) is 0 Å². The minimum atomic E-state index is -0.587. The molecule has 19 heavy (non-hydrogen) atoms. The summed E-state index contributed by atoms with van der Waals surface area (Å²) >= 11 is 0. The fourth-order valence-corrected chi connectivity index (χ4v) is 1.77. The Bertz CT molecular complexity index is 331. The van der Waals surface area contributed by atoms with Crippen LogP contribution in [-0.4, -0.2) is 47.2 Å². The summed E-state index contributed by atoms with van der Waals surface area (Å²) in [5.74, 6) is -0.461. The molecule has 0 radical (unpaired) electrons. The molecule has 0 aromatic carbocycles. The zero-order chi connectivity index (χ0) is 13.9. The highest BCUT2D eigenvalue weighted by Crippen LogP contribution is 2.06. The van der Waals surface area contributed by atoms with Crippen molar-refractivity contribution in [3.05, 3.63) is 0 Å². The van der Waals surface area contributed by atoms with Crippen LogP contribution in [0.2, 0.25) is 0 Å². The van der Waals surface area contributed by atoms with Gasteiger partial charge in [-0.15, -0.1) is 12.4 Å². The van der Waals surface area contributed by atoms with Crippen molar-refractivity contribution in [1.82, 2.24) is 16.0 Å². The molecule has 1 heterocycles. The Morgan fingerprint density at radius 3 is 2.37 bits per heavy atom. The molecule has 1 aliphatic rings. The normalized spacial score (nSPS) is 24.3. The maximum Gasteiger partial charge on any atom is 0.242 e. The number of aliphatic hydroxyl groups excluding tert-OH is 1. The van der Waals surface area contributed by atoms with E-state index in [1.807, 2.05) is 20.8 Å². The van der Waals surface area contributed by atoms with Gasteiger partial charge in [-0.25, -0.2) is 0 Å². The van der Waals surface area contributed by atoms with E-state index >= 15 is 0 Å². The van der Waals surface area contributed by atoms with Crippen LogP contribution < -0.4 is 16.0 Å². The van der Waals surface area contributed by atoms with E-state index in [2.05, 4.69) is 16.0 Å². The molecular weight excluding hydrogens is 270 g/mol. The summed E-state index contributed by atoms with van der Waals surface area (Å²) in [7, 11) is 0. The molecule has 0 saturated carbocycles. The van der Waals surface area contributed by atoms with E-state index in [1.54, 1.807) is 6.92 Å². The first-order valence-corrected chi connectivity index (χ1v) is 6.23. The molecule has 0 bridgehead atoms. The van der Waals surface area contributed by atoms with Crippen molar-refractivity contribution >= 4 is 24.2 Å². The molecule has 1 rings (SSSR count). The van der Waals surface area contributed by atoms with E-state index in [0.29, 0.717) is 13.0 Å². The molecular formula is C12H24ClN3O3. The quantitative estimate of drug-likeness (QED) is 0.567. The van der Waals surface area contributed by atoms with Crippen LogP contribution in [0.5, 0.6) is 0 Å². The number of halogens is 1. The predicted molar refractivity (Wildman–Crippen MR) is 75.2 cm³/mol. The summed E-state index contributed by atoms with van der Waals surface area (Å²) in [6, 6.07) is -0.999. The molecule has 112 valence electrons. The fraction of sp³-hybridized carbons (Fsp3) is 0.833. The van der Waals surface area contributed by atoms with Gasteiger partial charge < -0.3 is 21.1 Å². The number of amides is 2. The zero-order valence-corrected chi connectivity index (χ0v) is 12.6. The number of carbonyl (C=O) groups is 2. The van der Waals surface area contributed by atoms with E-state index in [-0.39, 0.29) is 29.8 Å². The Morgan fingerprint density at radius 2 is 1.95 bits per heavy atom. The van der Waals surface area contributed by atoms with Crippen LogP contribution in [-0.2, 0) is 9.59 Å². The molecule has 1 aliphatic heterocycles. The topological polar surface area (TPSA) is 90.5 Å². The fourth-order valence-electron chi connectivity index (χ4n) is 1.77. The Labute approximate surface area is 120 Å². The van der Waals surface area contributed by atoms with Gasteiger partial charge in [-0.1, -0.05) is 0 Å². The number of nitrogens with one attached hydrogen (secondary N) is 3. The zero-order valence-electron chi connectivity index (χ0n) is 11.8. The van der Waals surface area contributed by atoms with Gasteiger partial charge in [-0.3, -0.25) is 9.59 Å². The van der Waals surface area contributed by atoms with Gasteiger partial charge in [-0.05, 0) is 34.1 Å². The maximum absolute atomic E-state index is 11.8. The third kappa shape index (κ3) is 6.22. The molecule has 0 aromatic heterocycles. The van der Waals surface area contributed by atoms with E-state index in [1.165, 1.54) is 0 Å². The first kappa shape index (κ1) is 18.1. The molecule has 0 spiro atoms. The lowest BCUT2D eigenvalue weighted by Gasteiger charge is -2.24. The van der Waals surface area contributed by atoms with E-state index in [4.69, 9.17) is 0 Å². The van der Waals surface area contributed by atoms with Crippen LogP contribution in [0.15, 0.2) is 0 Å². The molecule has 3 unspecified atom stereocenters. The van der Waals surface area contributed by atoms with Crippen molar-refractivity contribution in [2.75, 3.05) is 6.54 Å². The van der Waals surface area contributed by atoms with Crippen LogP contribution in [0.4, 0.5) is 0 Å². The summed E-state index contributed by atoms with van der Waals surface area (Å²) < 4.78 is 0. The lowest BCUT2D eigenvalue weighted by molar-refractivity contribution is -0.130. The van der Waals surface area contributed by atoms with Crippen molar-refractivity contribution < 1.29 is 14.7 Å². The van der Waals surface area contributed by atoms with Crippen LogP contribution in [0.1, 0.15) is 34.1 Å². The third-order valence-electron chi connectivity index (χ3n) is 2.67. The minimum Gasteiger partial charge on any atom is -0.392 e. The van der Waals surface area contributed by atoms with Gasteiger partial charge in [0.25, 0.3) is 0 Å². The van der Waals surface area contributed by atoms with E-state index < -0.39 is 18.2 Å². The van der Waals surface area contributed by atoms with Crippen molar-refractivity contribution in [3.8, 4) is 0 Å². The average Bonchev–Trinajstić information content (AvgIpc) is 2.62. The first-order valence-electron chi connectivity index (χ1n) is 6.23. The van der Waals surface area contributed by atoms with Crippen LogP contribution in [0.25, 0.3) is 0 Å². The predicted octanol–water partition coefficient (Wildman–Crippen LogP) is -0.450. The van der Waals surface area contributed by atoms with E-state index in [0.717, 1.165) is 0 Å². The van der Waals surface area contributed by atoms with Gasteiger partial charge in [0.1, 0.15) is 6.04 Å². The molecule has 1 saturated heterocycles. The average molecular weight is 294 g/mol. The number of β-amino-alcohol motifs (C(OH)–C–C–N with tert-alkyl or cyclic N) is 1. The Morgan fingerprint density at radius 1 is 1.37 bits per heavy atom. The van der Waals surface area contributed by atoms with Crippen LogP contribution >= 0.6 is 12.4 Å². The molecule has 3 atom stereocenters. The van der Waals surface area contributed by atoms with E-state index in [9.17, 15) is 14.7 Å². The summed E-state index contributed by atoms with van der Waals surface area (Å²) in [4.78, 5) is 23.6. The van der Waals surface area contributed by atoms with Gasteiger partial charge in [0.05, 0.1) is 12.1 Å². The monoisotopic (exact) mass is 293 g/mol. The Balaban J connectivity index is 0.00000324. The Hall–Kier alpha value is -0.850. The second-order valence-corrected chi connectivity index (χ2v) is 5.82. The number of rotatable bonds is 3. The smallest absolute Gasteiger partial charge is 0.242 e. The highest BCUT2D eigenvalue weighted by atomic mass is 35.5. The standard InChI is InChI=1S/C12H23N3O3.ClH/c1-7(10(17)15-12(2,3)4)14-11(18)9-5-8(16)6-13-9;/h7-9,13,16H,5-6H2,1-4H3,(H,14,18)(H,15,17);1H. The molecule has 0 aromatic rings. The second kappa shape index (κ2) is 7.07. The number of hydrogen-bond donors (Lipinski definition) is 4. The van der Waals surface area contributed by atoms with Crippen LogP contribution in [0, 0.1) is 0 Å². The number of hydrogen-bond acceptors (Lipinski definition) is 4. The summed E-state index contributed by atoms with van der Waals surface area (Å²) in [6.45, 7) is 7.71. The van der Waals surface area contributed by atoms with Gasteiger partial charge >= 0.3 is 0 Å². The second-order valence-electron chi connectivity index (χ2n) is 5.82. The molecule has 0 aliphatic carbocycles.